The molecule has 1 aliphatic carbocycles. The van der Waals surface area contributed by atoms with E-state index >= 15 is 0 Å². The molecule has 1 aliphatic rings. The van der Waals surface area contributed by atoms with Crippen molar-refractivity contribution in [2.24, 2.45) is 5.92 Å². The molecule has 0 spiro atoms. The number of halogens is 1. The third-order valence-corrected chi connectivity index (χ3v) is 4.73. The van der Waals surface area contributed by atoms with E-state index in [9.17, 15) is 0 Å². The number of aromatic nitrogens is 2. The quantitative estimate of drug-likeness (QED) is 0.797. The molecule has 0 aliphatic heterocycles. The molecule has 4 heteroatoms. The Labute approximate surface area is 125 Å². The molecule has 3 nitrogen and oxygen atoms in total. The second-order valence-electron chi connectivity index (χ2n) is 5.92. The Bertz CT molecular complexity index is 400. The Hall–Kier alpha value is -0.350. The van der Waals surface area contributed by atoms with E-state index in [1.54, 1.807) is 0 Å². The molecule has 19 heavy (non-hydrogen) atoms. The first kappa shape index (κ1) is 15.0. The Morgan fingerprint density at radius 3 is 2.95 bits per heavy atom. The van der Waals surface area contributed by atoms with E-state index in [1.165, 1.54) is 35.8 Å². The van der Waals surface area contributed by atoms with Crippen LogP contribution in [0.15, 0.2) is 10.7 Å². The lowest BCUT2D eigenvalue weighted by Gasteiger charge is -2.23. The van der Waals surface area contributed by atoms with Crippen LogP contribution in [0, 0.1) is 5.92 Å². The van der Waals surface area contributed by atoms with Crippen LogP contribution >= 0.6 is 15.9 Å². The maximum atomic E-state index is 4.54. The lowest BCUT2D eigenvalue weighted by molar-refractivity contribution is 0.405. The number of rotatable bonds is 6. The van der Waals surface area contributed by atoms with Gasteiger partial charge in [-0.05, 0) is 68.0 Å². The highest BCUT2D eigenvalue weighted by Gasteiger charge is 2.32. The Balaban J connectivity index is 2.13. The van der Waals surface area contributed by atoms with E-state index in [-0.39, 0.29) is 0 Å². The highest BCUT2D eigenvalue weighted by Crippen LogP contribution is 2.42. The van der Waals surface area contributed by atoms with E-state index in [0.717, 1.165) is 19.0 Å². The Morgan fingerprint density at radius 1 is 1.47 bits per heavy atom. The first-order valence-corrected chi connectivity index (χ1v) is 8.38. The van der Waals surface area contributed by atoms with Crippen molar-refractivity contribution in [1.82, 2.24) is 15.1 Å². The van der Waals surface area contributed by atoms with Crippen molar-refractivity contribution in [1.29, 1.82) is 0 Å². The van der Waals surface area contributed by atoms with Gasteiger partial charge in [0.05, 0.1) is 16.4 Å². The van der Waals surface area contributed by atoms with Crippen LogP contribution in [-0.4, -0.2) is 22.9 Å². The maximum absolute atomic E-state index is 4.54. The van der Waals surface area contributed by atoms with Gasteiger partial charge in [-0.3, -0.25) is 4.68 Å². The zero-order valence-corrected chi connectivity index (χ0v) is 13.9. The summed E-state index contributed by atoms with van der Waals surface area (Å²) < 4.78 is 3.39. The summed E-state index contributed by atoms with van der Waals surface area (Å²) in [5.74, 6) is 1.42. The lowest BCUT2D eigenvalue weighted by Crippen LogP contribution is -2.26. The molecule has 0 bridgehead atoms. The first-order valence-electron chi connectivity index (χ1n) is 7.58. The van der Waals surface area contributed by atoms with Crippen LogP contribution in [0.1, 0.15) is 64.1 Å². The summed E-state index contributed by atoms with van der Waals surface area (Å²) >= 11 is 3.70. The predicted molar refractivity (Wildman–Crippen MR) is 83.6 cm³/mol. The minimum Gasteiger partial charge on any atom is -0.316 e. The Kier molecular flexibility index (Phi) is 5.46. The van der Waals surface area contributed by atoms with Gasteiger partial charge in [0.15, 0.2) is 0 Å². The molecular formula is C15H26BrN3. The average molecular weight is 328 g/mol. The fraction of sp³-hybridized carbons (Fsp3) is 0.800. The first-order chi connectivity index (χ1) is 9.15. The summed E-state index contributed by atoms with van der Waals surface area (Å²) in [6.45, 7) is 8.93. The minimum atomic E-state index is 0.436. The fourth-order valence-corrected chi connectivity index (χ4v) is 3.78. The maximum Gasteiger partial charge on any atom is 0.0635 e. The van der Waals surface area contributed by atoms with Gasteiger partial charge in [-0.1, -0.05) is 13.3 Å². The summed E-state index contributed by atoms with van der Waals surface area (Å²) in [4.78, 5) is 0. The molecule has 0 aromatic carbocycles. The molecule has 1 fully saturated rings. The molecule has 0 radical (unpaired) electrons. The van der Waals surface area contributed by atoms with Gasteiger partial charge in [-0.2, -0.15) is 5.10 Å². The van der Waals surface area contributed by atoms with Crippen LogP contribution in [0.25, 0.3) is 0 Å². The van der Waals surface area contributed by atoms with Crippen molar-refractivity contribution in [2.75, 3.05) is 13.1 Å². The predicted octanol–water partition coefficient (Wildman–Crippen LogP) is 4.11. The molecule has 1 aromatic rings. The number of nitrogens with zero attached hydrogens (tertiary/aromatic N) is 2. The van der Waals surface area contributed by atoms with Crippen LogP contribution < -0.4 is 5.32 Å². The molecule has 1 aromatic heterocycles. The number of nitrogens with one attached hydrogen (secondary N) is 1. The molecule has 0 saturated heterocycles. The van der Waals surface area contributed by atoms with E-state index in [2.05, 4.69) is 51.8 Å². The summed E-state index contributed by atoms with van der Waals surface area (Å²) in [5, 5.41) is 8.13. The average Bonchev–Trinajstić information content (AvgIpc) is 2.95. The monoisotopic (exact) mass is 327 g/mol. The topological polar surface area (TPSA) is 29.9 Å². The van der Waals surface area contributed by atoms with Crippen molar-refractivity contribution in [3.8, 4) is 0 Å². The summed E-state index contributed by atoms with van der Waals surface area (Å²) in [6.07, 6.45) is 7.17. The summed E-state index contributed by atoms with van der Waals surface area (Å²) in [5.41, 5.74) is 1.41. The SMILES string of the molecule is CCCNCC1CCCC1c1c(Br)cnn1C(C)C. The highest BCUT2D eigenvalue weighted by atomic mass is 79.9. The van der Waals surface area contributed by atoms with Crippen LogP contribution in [0.4, 0.5) is 0 Å². The number of hydrogen-bond donors (Lipinski definition) is 1. The van der Waals surface area contributed by atoms with E-state index in [0.29, 0.717) is 12.0 Å². The molecule has 2 atom stereocenters. The second kappa shape index (κ2) is 6.89. The van der Waals surface area contributed by atoms with Gasteiger partial charge < -0.3 is 5.32 Å². The third kappa shape index (κ3) is 3.40. The zero-order chi connectivity index (χ0) is 13.8. The van der Waals surface area contributed by atoms with Crippen LogP contribution in [0.2, 0.25) is 0 Å². The van der Waals surface area contributed by atoms with Crippen molar-refractivity contribution in [3.63, 3.8) is 0 Å². The largest absolute Gasteiger partial charge is 0.316 e. The normalized spacial score (nSPS) is 23.4. The van der Waals surface area contributed by atoms with Gasteiger partial charge in [0.2, 0.25) is 0 Å². The summed E-state index contributed by atoms with van der Waals surface area (Å²) in [6, 6.07) is 0.436. The second-order valence-corrected chi connectivity index (χ2v) is 6.77. The van der Waals surface area contributed by atoms with Crippen molar-refractivity contribution < 1.29 is 0 Å². The van der Waals surface area contributed by atoms with E-state index in [1.807, 2.05) is 6.20 Å². The zero-order valence-electron chi connectivity index (χ0n) is 12.3. The van der Waals surface area contributed by atoms with Gasteiger partial charge in [0, 0.05) is 12.0 Å². The van der Waals surface area contributed by atoms with Crippen molar-refractivity contribution in [2.45, 2.75) is 58.4 Å². The van der Waals surface area contributed by atoms with Gasteiger partial charge in [-0.25, -0.2) is 0 Å². The fourth-order valence-electron chi connectivity index (χ4n) is 3.21. The third-order valence-electron chi connectivity index (χ3n) is 4.12. The van der Waals surface area contributed by atoms with Crippen molar-refractivity contribution in [3.05, 3.63) is 16.4 Å². The molecule has 1 N–H and O–H groups in total. The molecule has 1 heterocycles. The van der Waals surface area contributed by atoms with Crippen LogP contribution in [0.5, 0.6) is 0 Å². The highest BCUT2D eigenvalue weighted by molar-refractivity contribution is 9.10. The standard InChI is InChI=1S/C15H26BrN3/c1-4-8-17-9-12-6-5-7-13(12)15-14(16)10-18-19(15)11(2)3/h10-13,17H,4-9H2,1-3H3. The molecule has 2 rings (SSSR count). The van der Waals surface area contributed by atoms with E-state index < -0.39 is 0 Å². The lowest BCUT2D eigenvalue weighted by atomic mass is 9.92. The van der Waals surface area contributed by atoms with Gasteiger partial charge in [0.25, 0.3) is 0 Å². The number of hydrogen-bond acceptors (Lipinski definition) is 2. The van der Waals surface area contributed by atoms with Crippen LogP contribution in [0.3, 0.4) is 0 Å². The molecule has 1 saturated carbocycles. The van der Waals surface area contributed by atoms with Gasteiger partial charge in [0.1, 0.15) is 0 Å². The molecule has 0 amide bonds. The van der Waals surface area contributed by atoms with Crippen LogP contribution in [-0.2, 0) is 0 Å². The van der Waals surface area contributed by atoms with Gasteiger partial charge >= 0.3 is 0 Å². The smallest absolute Gasteiger partial charge is 0.0635 e. The molecule has 2 unspecified atom stereocenters. The Morgan fingerprint density at radius 2 is 2.26 bits per heavy atom. The van der Waals surface area contributed by atoms with Crippen molar-refractivity contribution >= 4 is 15.9 Å². The molecule has 108 valence electrons. The minimum absolute atomic E-state index is 0.436. The van der Waals surface area contributed by atoms with E-state index in [4.69, 9.17) is 0 Å². The van der Waals surface area contributed by atoms with Gasteiger partial charge in [-0.15, -0.1) is 0 Å². The molecular weight excluding hydrogens is 302 g/mol. The summed E-state index contributed by atoms with van der Waals surface area (Å²) in [7, 11) is 0.